The SMILES string of the molecule is CCNC(=NCC1CCN(CCc2ccccc2)C1)Nc1ccc2c(c1)OCCCO2.I. The molecule has 2 aromatic carbocycles. The second-order valence-electron chi connectivity index (χ2n) is 8.25. The van der Waals surface area contributed by atoms with Crippen molar-refractivity contribution in [1.82, 2.24) is 10.2 Å². The van der Waals surface area contributed by atoms with Crippen LogP contribution in [0.5, 0.6) is 11.5 Å². The van der Waals surface area contributed by atoms with E-state index in [0.717, 1.165) is 62.2 Å². The zero-order chi connectivity index (χ0) is 21.3. The highest BCUT2D eigenvalue weighted by molar-refractivity contribution is 14.0. The van der Waals surface area contributed by atoms with E-state index in [2.05, 4.69) is 52.8 Å². The summed E-state index contributed by atoms with van der Waals surface area (Å²) in [5.74, 6) is 3.03. The van der Waals surface area contributed by atoms with Gasteiger partial charge in [0.15, 0.2) is 17.5 Å². The number of anilines is 1. The number of halogens is 1. The molecule has 2 aromatic rings. The van der Waals surface area contributed by atoms with Crippen molar-refractivity contribution < 1.29 is 9.47 Å². The van der Waals surface area contributed by atoms with Gasteiger partial charge < -0.3 is 25.0 Å². The summed E-state index contributed by atoms with van der Waals surface area (Å²) in [5, 5.41) is 6.78. The molecule has 0 aromatic heterocycles. The molecule has 1 unspecified atom stereocenters. The Labute approximate surface area is 208 Å². The van der Waals surface area contributed by atoms with E-state index in [4.69, 9.17) is 14.5 Å². The molecule has 0 bridgehead atoms. The Bertz CT molecular complexity index is 862. The highest BCUT2D eigenvalue weighted by Crippen LogP contribution is 2.32. The summed E-state index contributed by atoms with van der Waals surface area (Å²) >= 11 is 0. The molecule has 32 heavy (non-hydrogen) atoms. The van der Waals surface area contributed by atoms with Gasteiger partial charge in [-0.1, -0.05) is 30.3 Å². The van der Waals surface area contributed by atoms with Crippen molar-refractivity contribution in [2.75, 3.05) is 51.3 Å². The molecule has 174 valence electrons. The van der Waals surface area contributed by atoms with Gasteiger partial charge in [-0.15, -0.1) is 24.0 Å². The van der Waals surface area contributed by atoms with Gasteiger partial charge >= 0.3 is 0 Å². The zero-order valence-corrected chi connectivity index (χ0v) is 21.2. The molecular weight excluding hydrogens is 515 g/mol. The second kappa shape index (κ2) is 12.9. The first-order valence-electron chi connectivity index (χ1n) is 11.5. The Morgan fingerprint density at radius 2 is 1.91 bits per heavy atom. The zero-order valence-electron chi connectivity index (χ0n) is 18.9. The standard InChI is InChI=1S/C25H34N4O2.HI/c1-2-26-25(28-22-9-10-23-24(17-22)31-16-6-15-30-23)27-18-21-12-14-29(19-21)13-11-20-7-4-3-5-8-20;/h3-5,7-10,17,21H,2,6,11-16,18-19H2,1H3,(H2,26,27,28);1H. The van der Waals surface area contributed by atoms with E-state index in [9.17, 15) is 0 Å². The Hall–Kier alpha value is -2.00. The maximum atomic E-state index is 5.81. The fourth-order valence-corrected chi connectivity index (χ4v) is 4.10. The quantitative estimate of drug-likeness (QED) is 0.304. The van der Waals surface area contributed by atoms with Crippen molar-refractivity contribution in [1.29, 1.82) is 0 Å². The van der Waals surface area contributed by atoms with Gasteiger partial charge in [-0.25, -0.2) is 0 Å². The topological polar surface area (TPSA) is 58.1 Å². The first-order valence-corrected chi connectivity index (χ1v) is 11.5. The minimum atomic E-state index is 0. The average Bonchev–Trinajstić information content (AvgIpc) is 3.13. The lowest BCUT2D eigenvalue weighted by Gasteiger charge is -2.16. The van der Waals surface area contributed by atoms with Crippen LogP contribution in [0, 0.1) is 5.92 Å². The van der Waals surface area contributed by atoms with Crippen molar-refractivity contribution in [3.8, 4) is 11.5 Å². The Balaban J connectivity index is 0.00000289. The van der Waals surface area contributed by atoms with Gasteiger partial charge in [0.1, 0.15) is 0 Å². The molecule has 2 heterocycles. The summed E-state index contributed by atoms with van der Waals surface area (Å²) in [6.45, 7) is 8.55. The summed E-state index contributed by atoms with van der Waals surface area (Å²) < 4.78 is 11.5. The third-order valence-electron chi connectivity index (χ3n) is 5.79. The Morgan fingerprint density at radius 3 is 2.72 bits per heavy atom. The molecule has 7 heteroatoms. The number of hydrogen-bond acceptors (Lipinski definition) is 4. The van der Waals surface area contributed by atoms with Crippen molar-refractivity contribution in [2.45, 2.75) is 26.2 Å². The van der Waals surface area contributed by atoms with Crippen LogP contribution in [0.15, 0.2) is 53.5 Å². The lowest BCUT2D eigenvalue weighted by atomic mass is 10.1. The van der Waals surface area contributed by atoms with Crippen molar-refractivity contribution >= 4 is 35.6 Å². The van der Waals surface area contributed by atoms with Crippen LogP contribution in [0.25, 0.3) is 0 Å². The molecule has 1 atom stereocenters. The van der Waals surface area contributed by atoms with Crippen molar-refractivity contribution in [3.63, 3.8) is 0 Å². The molecule has 0 amide bonds. The second-order valence-corrected chi connectivity index (χ2v) is 8.25. The van der Waals surface area contributed by atoms with Gasteiger partial charge in [0.25, 0.3) is 0 Å². The van der Waals surface area contributed by atoms with Gasteiger partial charge in [-0.3, -0.25) is 4.99 Å². The summed E-state index contributed by atoms with van der Waals surface area (Å²) in [4.78, 5) is 7.44. The Morgan fingerprint density at radius 1 is 1.09 bits per heavy atom. The normalized spacial score (nSPS) is 18.5. The lowest BCUT2D eigenvalue weighted by Crippen LogP contribution is -2.31. The molecule has 4 rings (SSSR count). The van der Waals surface area contributed by atoms with Crippen molar-refractivity contribution in [3.05, 3.63) is 54.1 Å². The molecular formula is C25H35IN4O2. The minimum Gasteiger partial charge on any atom is -0.490 e. The van der Waals surface area contributed by atoms with Crippen LogP contribution in [0.1, 0.15) is 25.3 Å². The van der Waals surface area contributed by atoms with Crippen LogP contribution >= 0.6 is 24.0 Å². The van der Waals surface area contributed by atoms with E-state index in [1.807, 2.05) is 18.2 Å². The summed E-state index contributed by atoms with van der Waals surface area (Å²) in [6.07, 6.45) is 3.23. The maximum absolute atomic E-state index is 5.81. The van der Waals surface area contributed by atoms with E-state index in [-0.39, 0.29) is 24.0 Å². The number of benzene rings is 2. The van der Waals surface area contributed by atoms with Gasteiger partial charge in [0, 0.05) is 44.4 Å². The fraction of sp³-hybridized carbons (Fsp3) is 0.480. The van der Waals surface area contributed by atoms with Crippen LogP contribution in [0.3, 0.4) is 0 Å². The first-order chi connectivity index (χ1) is 15.3. The number of guanidine groups is 1. The molecule has 0 radical (unpaired) electrons. The molecule has 1 saturated heterocycles. The van der Waals surface area contributed by atoms with E-state index < -0.39 is 0 Å². The molecule has 6 nitrogen and oxygen atoms in total. The highest BCUT2D eigenvalue weighted by Gasteiger charge is 2.22. The number of aliphatic imine (C=N–C) groups is 1. The first kappa shape index (κ1) is 24.6. The van der Waals surface area contributed by atoms with Gasteiger partial charge in [0.05, 0.1) is 13.2 Å². The summed E-state index contributed by atoms with van der Waals surface area (Å²) in [7, 11) is 0. The monoisotopic (exact) mass is 550 g/mol. The van der Waals surface area contributed by atoms with E-state index in [1.54, 1.807) is 0 Å². The number of rotatable bonds is 7. The number of fused-ring (bicyclic) bond motifs is 1. The van der Waals surface area contributed by atoms with Gasteiger partial charge in [-0.2, -0.15) is 0 Å². The summed E-state index contributed by atoms with van der Waals surface area (Å²) in [5.41, 5.74) is 2.37. The molecule has 0 saturated carbocycles. The predicted octanol–water partition coefficient (Wildman–Crippen LogP) is 4.41. The van der Waals surface area contributed by atoms with Crippen LogP contribution in [0.4, 0.5) is 5.69 Å². The average molecular weight is 550 g/mol. The molecule has 0 spiro atoms. The van der Waals surface area contributed by atoms with Gasteiger partial charge in [0.2, 0.25) is 0 Å². The van der Waals surface area contributed by atoms with E-state index >= 15 is 0 Å². The van der Waals surface area contributed by atoms with E-state index in [1.165, 1.54) is 18.5 Å². The lowest BCUT2D eigenvalue weighted by molar-refractivity contribution is 0.297. The Kier molecular flexibility index (Phi) is 9.92. The number of ether oxygens (including phenoxy) is 2. The third-order valence-corrected chi connectivity index (χ3v) is 5.79. The number of nitrogens with one attached hydrogen (secondary N) is 2. The molecule has 2 aliphatic rings. The predicted molar refractivity (Wildman–Crippen MR) is 142 cm³/mol. The molecule has 2 aliphatic heterocycles. The summed E-state index contributed by atoms with van der Waals surface area (Å²) in [6, 6.07) is 16.7. The maximum Gasteiger partial charge on any atom is 0.195 e. The van der Waals surface area contributed by atoms with Gasteiger partial charge in [-0.05, 0) is 49.9 Å². The van der Waals surface area contributed by atoms with Crippen LogP contribution in [0.2, 0.25) is 0 Å². The highest BCUT2D eigenvalue weighted by atomic mass is 127. The molecule has 1 fully saturated rings. The fourth-order valence-electron chi connectivity index (χ4n) is 4.10. The van der Waals surface area contributed by atoms with Crippen LogP contribution < -0.4 is 20.1 Å². The molecule has 2 N–H and O–H groups in total. The van der Waals surface area contributed by atoms with Crippen LogP contribution in [-0.2, 0) is 6.42 Å². The largest absolute Gasteiger partial charge is 0.490 e. The number of likely N-dealkylation sites (tertiary alicyclic amines) is 1. The van der Waals surface area contributed by atoms with Crippen molar-refractivity contribution in [2.24, 2.45) is 10.9 Å². The number of hydrogen-bond donors (Lipinski definition) is 2. The minimum absolute atomic E-state index is 0. The molecule has 0 aliphatic carbocycles. The number of nitrogens with zero attached hydrogens (tertiary/aromatic N) is 2. The smallest absolute Gasteiger partial charge is 0.195 e. The van der Waals surface area contributed by atoms with Crippen LogP contribution in [-0.4, -0.2) is 56.8 Å². The van der Waals surface area contributed by atoms with E-state index in [0.29, 0.717) is 19.1 Å². The third kappa shape index (κ3) is 7.27.